The molecule has 0 aliphatic heterocycles. The monoisotopic (exact) mass is 350 g/mol. The van der Waals surface area contributed by atoms with Crippen LogP contribution in [0.25, 0.3) is 0 Å². The van der Waals surface area contributed by atoms with Gasteiger partial charge in [-0.3, -0.25) is 4.79 Å². The summed E-state index contributed by atoms with van der Waals surface area (Å²) in [5, 5.41) is 15.1. The van der Waals surface area contributed by atoms with Crippen LogP contribution in [0.2, 0.25) is 0 Å². The van der Waals surface area contributed by atoms with E-state index in [4.69, 9.17) is 0 Å². The Bertz CT molecular complexity index is 603. The Kier molecular flexibility index (Phi) is 7.35. The summed E-state index contributed by atoms with van der Waals surface area (Å²) in [6.45, 7) is 4.95. The average molecular weight is 351 g/mol. The molecule has 0 radical (unpaired) electrons. The van der Waals surface area contributed by atoms with Crippen LogP contribution in [0, 0.1) is 0 Å². The fourth-order valence-electron chi connectivity index (χ4n) is 2.15. The maximum Gasteiger partial charge on any atom is 0.230 e. The van der Waals surface area contributed by atoms with Crippen molar-refractivity contribution in [3.05, 3.63) is 35.9 Å². The van der Waals surface area contributed by atoms with Gasteiger partial charge < -0.3 is 10.6 Å². The van der Waals surface area contributed by atoms with Gasteiger partial charge in [0.2, 0.25) is 11.0 Å². The van der Waals surface area contributed by atoms with E-state index in [1.807, 2.05) is 25.1 Å². The molecule has 1 atom stereocenters. The Morgan fingerprint density at radius 2 is 2.04 bits per heavy atom. The molecule has 2 rings (SSSR count). The number of nitrogens with one attached hydrogen (secondary N) is 2. The highest BCUT2D eigenvalue weighted by Crippen LogP contribution is 2.25. The van der Waals surface area contributed by atoms with Crippen LogP contribution in [-0.2, 0) is 4.79 Å². The van der Waals surface area contributed by atoms with E-state index in [-0.39, 0.29) is 11.9 Å². The molecule has 0 spiro atoms. The van der Waals surface area contributed by atoms with Crippen molar-refractivity contribution in [1.82, 2.24) is 15.5 Å². The number of thioether (sulfide) groups is 1. The molecule has 0 fully saturated rings. The first-order valence-corrected chi connectivity index (χ1v) is 9.57. The van der Waals surface area contributed by atoms with E-state index in [2.05, 4.69) is 39.9 Å². The number of rotatable bonds is 9. The van der Waals surface area contributed by atoms with E-state index in [0.29, 0.717) is 5.75 Å². The average Bonchev–Trinajstić information content (AvgIpc) is 3.01. The first kappa shape index (κ1) is 17.7. The fourth-order valence-corrected chi connectivity index (χ4v) is 3.78. The summed E-state index contributed by atoms with van der Waals surface area (Å²) < 4.78 is 0.808. The maximum absolute atomic E-state index is 12.2. The number of hydrogen-bond acceptors (Lipinski definition) is 6. The van der Waals surface area contributed by atoms with Crippen LogP contribution in [0.1, 0.15) is 38.3 Å². The highest BCUT2D eigenvalue weighted by atomic mass is 32.2. The molecule has 0 saturated heterocycles. The Morgan fingerprint density at radius 1 is 1.26 bits per heavy atom. The molecule has 2 N–H and O–H groups in total. The van der Waals surface area contributed by atoms with Gasteiger partial charge >= 0.3 is 0 Å². The van der Waals surface area contributed by atoms with Crippen molar-refractivity contribution in [3.63, 3.8) is 0 Å². The lowest BCUT2D eigenvalue weighted by atomic mass is 10.0. The van der Waals surface area contributed by atoms with Crippen LogP contribution < -0.4 is 10.6 Å². The van der Waals surface area contributed by atoms with E-state index in [1.165, 1.54) is 23.1 Å². The van der Waals surface area contributed by atoms with Gasteiger partial charge in [0, 0.05) is 6.54 Å². The first-order chi connectivity index (χ1) is 11.2. The normalized spacial score (nSPS) is 11.9. The third-order valence-corrected chi connectivity index (χ3v) is 5.19. The number of anilines is 1. The van der Waals surface area contributed by atoms with Crippen LogP contribution in [-0.4, -0.2) is 28.4 Å². The van der Waals surface area contributed by atoms with Gasteiger partial charge in [0.05, 0.1) is 11.8 Å². The van der Waals surface area contributed by atoms with E-state index in [9.17, 15) is 4.79 Å². The van der Waals surface area contributed by atoms with Crippen molar-refractivity contribution in [2.24, 2.45) is 0 Å². The Hall–Kier alpha value is -1.60. The summed E-state index contributed by atoms with van der Waals surface area (Å²) in [5.41, 5.74) is 1.15. The van der Waals surface area contributed by atoms with Crippen LogP contribution in [0.15, 0.2) is 34.7 Å². The van der Waals surface area contributed by atoms with E-state index in [0.717, 1.165) is 34.4 Å². The van der Waals surface area contributed by atoms with Crippen molar-refractivity contribution in [2.75, 3.05) is 17.6 Å². The van der Waals surface area contributed by atoms with Crippen molar-refractivity contribution >= 4 is 34.1 Å². The molecule has 0 aliphatic carbocycles. The smallest absolute Gasteiger partial charge is 0.230 e. The predicted molar refractivity (Wildman–Crippen MR) is 97.0 cm³/mol. The molecule has 124 valence electrons. The molecule has 23 heavy (non-hydrogen) atoms. The Balaban J connectivity index is 1.86. The van der Waals surface area contributed by atoms with E-state index >= 15 is 0 Å². The molecule has 0 bridgehead atoms. The molecule has 7 heteroatoms. The molecule has 1 unspecified atom stereocenters. The number of benzene rings is 1. The third kappa shape index (κ3) is 5.84. The molecule has 1 aromatic heterocycles. The minimum absolute atomic E-state index is 0.0255. The number of amides is 1. The molecule has 2 aromatic rings. The largest absolute Gasteiger partial charge is 0.360 e. The second-order valence-corrected chi connectivity index (χ2v) is 7.21. The molecule has 5 nitrogen and oxygen atoms in total. The van der Waals surface area contributed by atoms with Gasteiger partial charge in [0.15, 0.2) is 4.34 Å². The molecule has 0 aliphatic rings. The third-order valence-electron chi connectivity index (χ3n) is 3.18. The quantitative estimate of drug-likeness (QED) is 0.675. The topological polar surface area (TPSA) is 66.9 Å². The summed E-state index contributed by atoms with van der Waals surface area (Å²) in [4.78, 5) is 12.2. The van der Waals surface area contributed by atoms with Gasteiger partial charge in [-0.05, 0) is 18.9 Å². The van der Waals surface area contributed by atoms with Crippen LogP contribution >= 0.6 is 23.1 Å². The summed E-state index contributed by atoms with van der Waals surface area (Å²) in [6, 6.07) is 10.2. The second-order valence-electron chi connectivity index (χ2n) is 5.01. The highest BCUT2D eigenvalue weighted by Gasteiger charge is 2.14. The van der Waals surface area contributed by atoms with E-state index in [1.54, 1.807) is 0 Å². The Morgan fingerprint density at radius 3 is 2.74 bits per heavy atom. The van der Waals surface area contributed by atoms with Gasteiger partial charge in [-0.1, -0.05) is 66.8 Å². The van der Waals surface area contributed by atoms with Crippen molar-refractivity contribution in [3.8, 4) is 0 Å². The highest BCUT2D eigenvalue weighted by molar-refractivity contribution is 8.01. The summed E-state index contributed by atoms with van der Waals surface area (Å²) >= 11 is 2.90. The van der Waals surface area contributed by atoms with Gasteiger partial charge in [-0.25, -0.2) is 0 Å². The Labute approximate surface area is 145 Å². The summed E-state index contributed by atoms with van der Waals surface area (Å²) in [6.07, 6.45) is 1.96. The number of aromatic nitrogens is 2. The minimum atomic E-state index is 0.0255. The van der Waals surface area contributed by atoms with Crippen molar-refractivity contribution in [1.29, 1.82) is 0 Å². The zero-order chi connectivity index (χ0) is 16.5. The zero-order valence-electron chi connectivity index (χ0n) is 13.4. The summed E-state index contributed by atoms with van der Waals surface area (Å²) in [7, 11) is 0. The molecular weight excluding hydrogens is 328 g/mol. The van der Waals surface area contributed by atoms with Crippen molar-refractivity contribution in [2.45, 2.75) is 37.1 Å². The molecule has 1 amide bonds. The number of carbonyl (C=O) groups excluding carboxylic acids is 1. The van der Waals surface area contributed by atoms with E-state index < -0.39 is 0 Å². The molecule has 1 heterocycles. The zero-order valence-corrected chi connectivity index (χ0v) is 15.0. The lowest BCUT2D eigenvalue weighted by Crippen LogP contribution is -2.29. The van der Waals surface area contributed by atoms with Crippen LogP contribution in [0.5, 0.6) is 0 Å². The van der Waals surface area contributed by atoms with Crippen LogP contribution in [0.3, 0.4) is 0 Å². The molecular formula is C16H22N4OS2. The maximum atomic E-state index is 12.2. The van der Waals surface area contributed by atoms with Gasteiger partial charge in [-0.15, -0.1) is 10.2 Å². The lowest BCUT2D eigenvalue weighted by molar-refractivity contribution is -0.119. The second kappa shape index (κ2) is 9.52. The fraction of sp³-hybridized carbons (Fsp3) is 0.438. The summed E-state index contributed by atoms with van der Waals surface area (Å²) in [5.74, 6) is 0.380. The molecule has 0 saturated carbocycles. The van der Waals surface area contributed by atoms with Gasteiger partial charge in [-0.2, -0.15) is 0 Å². The molecule has 1 aromatic carbocycles. The lowest BCUT2D eigenvalue weighted by Gasteiger charge is -2.18. The number of nitrogens with zero attached hydrogens (tertiary/aromatic N) is 2. The van der Waals surface area contributed by atoms with Crippen LogP contribution in [0.4, 0.5) is 5.13 Å². The standard InChI is InChI=1S/C16H22N4OS2/c1-3-8-13(12-9-6-5-7-10-12)18-14(21)11-22-16-20-19-15(23-16)17-4-2/h5-7,9-10,13H,3-4,8,11H2,1-2H3,(H,17,19)(H,18,21). The predicted octanol–water partition coefficient (Wildman–Crippen LogP) is 3.72. The van der Waals surface area contributed by atoms with Gasteiger partial charge in [0.25, 0.3) is 0 Å². The number of hydrogen-bond donors (Lipinski definition) is 2. The van der Waals surface area contributed by atoms with Gasteiger partial charge in [0.1, 0.15) is 0 Å². The minimum Gasteiger partial charge on any atom is -0.360 e. The first-order valence-electron chi connectivity index (χ1n) is 7.77. The van der Waals surface area contributed by atoms with Crippen molar-refractivity contribution < 1.29 is 4.79 Å². The number of carbonyl (C=O) groups is 1. The SMILES string of the molecule is CCCC(NC(=O)CSc1nnc(NCC)s1)c1ccccc1.